The van der Waals surface area contributed by atoms with Gasteiger partial charge in [0.1, 0.15) is 0 Å². The Hall–Kier alpha value is -0.330. The summed E-state index contributed by atoms with van der Waals surface area (Å²) in [5.41, 5.74) is 0. The van der Waals surface area contributed by atoms with Crippen molar-refractivity contribution in [3.63, 3.8) is 0 Å². The Morgan fingerprint density at radius 3 is 2.15 bits per heavy atom. The lowest BCUT2D eigenvalue weighted by Crippen LogP contribution is -2.09. The molecule has 0 aromatic rings. The average molecular weight is 183 g/mol. The summed E-state index contributed by atoms with van der Waals surface area (Å²) in [6.45, 7) is 9.11. The Labute approximate surface area is 83.4 Å². The van der Waals surface area contributed by atoms with Gasteiger partial charge in [-0.25, -0.2) is 0 Å². The van der Waals surface area contributed by atoms with Crippen molar-refractivity contribution < 1.29 is 0 Å². The molecule has 1 N–H and O–H groups in total. The molecule has 0 aliphatic heterocycles. The summed E-state index contributed by atoms with van der Waals surface area (Å²) in [6.07, 6.45) is 6.40. The zero-order valence-electron chi connectivity index (χ0n) is 9.64. The van der Waals surface area contributed by atoms with Gasteiger partial charge >= 0.3 is 0 Å². The fourth-order valence-corrected chi connectivity index (χ4v) is 1.86. The first-order chi connectivity index (χ1) is 6.10. The van der Waals surface area contributed by atoms with Gasteiger partial charge in [-0.1, -0.05) is 34.1 Å². The van der Waals surface area contributed by atoms with Crippen molar-refractivity contribution in [3.05, 3.63) is 0 Å². The molecule has 0 bridgehead atoms. The monoisotopic (exact) mass is 183 g/mol. The summed E-state index contributed by atoms with van der Waals surface area (Å²) < 4.78 is 0. The number of rotatable bonds is 7. The Bertz CT molecular complexity index is 129. The smallest absolute Gasteiger partial charge is 0.00450 e. The van der Waals surface area contributed by atoms with Crippen molar-refractivity contribution in [2.24, 2.45) is 17.8 Å². The molecule has 0 amide bonds. The molecule has 2 unspecified atom stereocenters. The van der Waals surface area contributed by atoms with Crippen molar-refractivity contribution >= 4 is 6.21 Å². The van der Waals surface area contributed by atoms with Crippen molar-refractivity contribution in [1.82, 2.24) is 0 Å². The first-order valence-electron chi connectivity index (χ1n) is 5.59. The normalized spacial score (nSPS) is 15.8. The highest BCUT2D eigenvalue weighted by molar-refractivity contribution is 5.53. The van der Waals surface area contributed by atoms with Crippen LogP contribution in [0.25, 0.3) is 0 Å². The van der Waals surface area contributed by atoms with Crippen LogP contribution in [-0.4, -0.2) is 6.21 Å². The Morgan fingerprint density at radius 2 is 1.77 bits per heavy atom. The van der Waals surface area contributed by atoms with Crippen molar-refractivity contribution in [2.45, 2.75) is 53.4 Å². The van der Waals surface area contributed by atoms with E-state index in [1.807, 2.05) is 0 Å². The summed E-state index contributed by atoms with van der Waals surface area (Å²) in [5.74, 6) is 2.34. The van der Waals surface area contributed by atoms with E-state index in [1.165, 1.54) is 19.3 Å². The molecule has 2 atom stereocenters. The van der Waals surface area contributed by atoms with E-state index in [1.54, 1.807) is 6.21 Å². The molecule has 13 heavy (non-hydrogen) atoms. The molecule has 0 saturated carbocycles. The SMILES string of the molecule is CCC(C)CC(CC=N)CC(C)C. The van der Waals surface area contributed by atoms with Crippen LogP contribution in [0.2, 0.25) is 0 Å². The molecule has 0 aliphatic rings. The van der Waals surface area contributed by atoms with Gasteiger partial charge in [-0.3, -0.25) is 0 Å². The van der Waals surface area contributed by atoms with Crippen LogP contribution in [0.1, 0.15) is 53.4 Å². The highest BCUT2D eigenvalue weighted by Crippen LogP contribution is 2.23. The third-order valence-corrected chi connectivity index (χ3v) is 2.69. The van der Waals surface area contributed by atoms with Crippen LogP contribution in [0, 0.1) is 23.2 Å². The summed E-state index contributed by atoms with van der Waals surface area (Å²) in [7, 11) is 0. The number of hydrogen-bond acceptors (Lipinski definition) is 1. The van der Waals surface area contributed by atoms with E-state index in [2.05, 4.69) is 27.7 Å². The van der Waals surface area contributed by atoms with E-state index in [0.29, 0.717) is 0 Å². The third-order valence-electron chi connectivity index (χ3n) is 2.69. The van der Waals surface area contributed by atoms with Gasteiger partial charge in [0.15, 0.2) is 0 Å². The maximum atomic E-state index is 7.15. The molecule has 0 aromatic heterocycles. The minimum absolute atomic E-state index is 0.743. The van der Waals surface area contributed by atoms with E-state index in [4.69, 9.17) is 5.41 Å². The zero-order valence-corrected chi connectivity index (χ0v) is 9.64. The maximum Gasteiger partial charge on any atom is -0.00450 e. The second-order valence-corrected chi connectivity index (χ2v) is 4.68. The molecule has 0 rings (SSSR count). The topological polar surface area (TPSA) is 23.9 Å². The lowest BCUT2D eigenvalue weighted by Gasteiger charge is -2.20. The predicted octanol–water partition coefficient (Wildman–Crippen LogP) is 4.12. The van der Waals surface area contributed by atoms with Crippen LogP contribution in [0.5, 0.6) is 0 Å². The van der Waals surface area contributed by atoms with Gasteiger partial charge in [0.25, 0.3) is 0 Å². The first kappa shape index (κ1) is 12.7. The third kappa shape index (κ3) is 6.80. The summed E-state index contributed by atoms with van der Waals surface area (Å²) in [4.78, 5) is 0. The van der Waals surface area contributed by atoms with Gasteiger partial charge in [-0.05, 0) is 43.2 Å². The molecule has 0 radical (unpaired) electrons. The lowest BCUT2D eigenvalue weighted by atomic mass is 9.86. The molecular formula is C12H25N. The van der Waals surface area contributed by atoms with Crippen molar-refractivity contribution in [2.75, 3.05) is 0 Å². The van der Waals surface area contributed by atoms with Crippen molar-refractivity contribution in [3.8, 4) is 0 Å². The molecule has 0 fully saturated rings. The van der Waals surface area contributed by atoms with Crippen LogP contribution >= 0.6 is 0 Å². The molecule has 0 saturated heterocycles. The molecule has 0 aliphatic carbocycles. The van der Waals surface area contributed by atoms with Crippen LogP contribution in [0.15, 0.2) is 0 Å². The molecule has 0 spiro atoms. The van der Waals surface area contributed by atoms with Crippen LogP contribution in [-0.2, 0) is 0 Å². The summed E-state index contributed by atoms with van der Waals surface area (Å²) in [5, 5.41) is 7.15. The van der Waals surface area contributed by atoms with E-state index < -0.39 is 0 Å². The quantitative estimate of drug-likeness (QED) is 0.574. The highest BCUT2D eigenvalue weighted by atomic mass is 14.3. The lowest BCUT2D eigenvalue weighted by molar-refractivity contribution is 0.336. The summed E-state index contributed by atoms with van der Waals surface area (Å²) in [6, 6.07) is 0. The van der Waals surface area contributed by atoms with Gasteiger partial charge in [0.05, 0.1) is 0 Å². The second-order valence-electron chi connectivity index (χ2n) is 4.68. The zero-order chi connectivity index (χ0) is 10.3. The van der Waals surface area contributed by atoms with Gasteiger partial charge in [-0.2, -0.15) is 0 Å². The highest BCUT2D eigenvalue weighted by Gasteiger charge is 2.12. The maximum absolute atomic E-state index is 7.15. The first-order valence-corrected chi connectivity index (χ1v) is 5.59. The molecule has 0 aromatic carbocycles. The Kier molecular flexibility index (Phi) is 6.93. The average Bonchev–Trinajstić information content (AvgIpc) is 2.03. The van der Waals surface area contributed by atoms with E-state index in [9.17, 15) is 0 Å². The molecule has 1 nitrogen and oxygen atoms in total. The van der Waals surface area contributed by atoms with Gasteiger partial charge in [0.2, 0.25) is 0 Å². The Balaban J connectivity index is 3.85. The fraction of sp³-hybridized carbons (Fsp3) is 0.917. The van der Waals surface area contributed by atoms with Gasteiger partial charge in [0, 0.05) is 0 Å². The molecule has 78 valence electrons. The van der Waals surface area contributed by atoms with E-state index in [-0.39, 0.29) is 0 Å². The number of hydrogen-bond donors (Lipinski definition) is 1. The van der Waals surface area contributed by atoms with Crippen LogP contribution in [0.3, 0.4) is 0 Å². The minimum Gasteiger partial charge on any atom is -0.313 e. The second kappa shape index (κ2) is 7.11. The minimum atomic E-state index is 0.743. The number of nitrogens with one attached hydrogen (secondary N) is 1. The molecular weight excluding hydrogens is 158 g/mol. The van der Waals surface area contributed by atoms with Crippen molar-refractivity contribution in [1.29, 1.82) is 5.41 Å². The summed E-state index contributed by atoms with van der Waals surface area (Å²) >= 11 is 0. The Morgan fingerprint density at radius 1 is 1.15 bits per heavy atom. The molecule has 0 heterocycles. The fourth-order valence-electron chi connectivity index (χ4n) is 1.86. The van der Waals surface area contributed by atoms with Crippen LogP contribution in [0.4, 0.5) is 0 Å². The van der Waals surface area contributed by atoms with E-state index in [0.717, 1.165) is 24.2 Å². The largest absolute Gasteiger partial charge is 0.313 e. The predicted molar refractivity (Wildman–Crippen MR) is 60.4 cm³/mol. The van der Waals surface area contributed by atoms with Gasteiger partial charge in [-0.15, -0.1) is 0 Å². The molecule has 1 heteroatoms. The van der Waals surface area contributed by atoms with E-state index >= 15 is 0 Å². The standard InChI is InChI=1S/C12H25N/c1-5-11(4)9-12(6-7-13)8-10(2)3/h7,10-13H,5-6,8-9H2,1-4H3. The van der Waals surface area contributed by atoms with Gasteiger partial charge < -0.3 is 5.41 Å². The van der Waals surface area contributed by atoms with Crippen LogP contribution < -0.4 is 0 Å².